The molecule has 2 N–H and O–H groups in total. The Morgan fingerprint density at radius 2 is 1.94 bits per heavy atom. The van der Waals surface area contributed by atoms with Gasteiger partial charge >= 0.3 is 0 Å². The van der Waals surface area contributed by atoms with Gasteiger partial charge in [0.15, 0.2) is 0 Å². The van der Waals surface area contributed by atoms with Crippen molar-refractivity contribution in [2.24, 2.45) is 5.73 Å². The smallest absolute Gasteiger partial charge is 0.0548 e. The van der Waals surface area contributed by atoms with Gasteiger partial charge in [0, 0.05) is 22.2 Å². The van der Waals surface area contributed by atoms with E-state index in [-0.39, 0.29) is 0 Å². The van der Waals surface area contributed by atoms with Crippen LogP contribution in [0.25, 0.3) is 0 Å². The molecule has 0 fully saturated rings. The molecule has 4 heteroatoms. The molecule has 0 aliphatic carbocycles. The van der Waals surface area contributed by atoms with Gasteiger partial charge in [0.25, 0.3) is 0 Å². The fourth-order valence-electron chi connectivity index (χ4n) is 1.54. The van der Waals surface area contributed by atoms with Crippen LogP contribution in [0.3, 0.4) is 0 Å². The van der Waals surface area contributed by atoms with Gasteiger partial charge in [-0.15, -0.1) is 0 Å². The van der Waals surface area contributed by atoms with E-state index >= 15 is 0 Å². The first-order valence-corrected chi connectivity index (χ1v) is 6.56. The highest BCUT2D eigenvalue weighted by molar-refractivity contribution is 7.99. The van der Waals surface area contributed by atoms with Crippen molar-refractivity contribution in [1.29, 1.82) is 0 Å². The van der Waals surface area contributed by atoms with Gasteiger partial charge < -0.3 is 5.73 Å². The third-order valence-electron chi connectivity index (χ3n) is 2.33. The van der Waals surface area contributed by atoms with Gasteiger partial charge in [0.1, 0.15) is 0 Å². The van der Waals surface area contributed by atoms with Gasteiger partial charge in [0.05, 0.1) is 5.02 Å². The molecule has 88 valence electrons. The molecule has 0 bridgehead atoms. The van der Waals surface area contributed by atoms with Crippen LogP contribution in [0.4, 0.5) is 0 Å². The maximum atomic E-state index is 6.24. The van der Waals surface area contributed by atoms with Crippen molar-refractivity contribution in [2.75, 3.05) is 6.54 Å². The third kappa shape index (κ3) is 3.22. The Hall–Kier alpha value is -1.03. The fraction of sp³-hybridized carbons (Fsp3) is 0.154. The molecule has 0 saturated heterocycles. The predicted molar refractivity (Wildman–Crippen MR) is 72.6 cm³/mol. The molecule has 0 unspecified atom stereocenters. The molecule has 1 heterocycles. The summed E-state index contributed by atoms with van der Waals surface area (Å²) in [6.45, 7) is 0.629. The molecule has 17 heavy (non-hydrogen) atoms. The number of aromatic nitrogens is 1. The SMILES string of the molecule is NCCc1cccc(Cl)c1Sc1ccncc1. The summed E-state index contributed by atoms with van der Waals surface area (Å²) in [5.74, 6) is 0. The zero-order valence-electron chi connectivity index (χ0n) is 9.27. The highest BCUT2D eigenvalue weighted by Gasteiger charge is 2.08. The average molecular weight is 265 g/mol. The maximum absolute atomic E-state index is 6.24. The van der Waals surface area contributed by atoms with Gasteiger partial charge in [-0.3, -0.25) is 4.98 Å². The monoisotopic (exact) mass is 264 g/mol. The van der Waals surface area contributed by atoms with Crippen molar-refractivity contribution in [3.63, 3.8) is 0 Å². The average Bonchev–Trinajstić information content (AvgIpc) is 2.35. The lowest BCUT2D eigenvalue weighted by Crippen LogP contribution is -2.03. The van der Waals surface area contributed by atoms with E-state index in [4.69, 9.17) is 17.3 Å². The van der Waals surface area contributed by atoms with Crippen LogP contribution in [0, 0.1) is 0 Å². The Kier molecular flexibility index (Phi) is 4.42. The number of nitrogens with zero attached hydrogens (tertiary/aromatic N) is 1. The minimum atomic E-state index is 0.629. The standard InChI is InChI=1S/C13H13ClN2S/c14-12-3-1-2-10(4-7-15)13(12)17-11-5-8-16-9-6-11/h1-3,5-6,8-9H,4,7,15H2. The number of rotatable bonds is 4. The largest absolute Gasteiger partial charge is 0.330 e. The number of nitrogens with two attached hydrogens (primary N) is 1. The number of halogens is 1. The Morgan fingerprint density at radius 3 is 2.65 bits per heavy atom. The fourth-order valence-corrected chi connectivity index (χ4v) is 2.81. The number of benzene rings is 1. The summed E-state index contributed by atoms with van der Waals surface area (Å²) in [4.78, 5) is 6.22. The molecule has 0 spiro atoms. The molecule has 0 radical (unpaired) electrons. The zero-order chi connectivity index (χ0) is 12.1. The molecule has 1 aromatic heterocycles. The van der Waals surface area contributed by atoms with E-state index in [1.807, 2.05) is 24.3 Å². The summed E-state index contributed by atoms with van der Waals surface area (Å²) >= 11 is 7.89. The van der Waals surface area contributed by atoms with E-state index in [2.05, 4.69) is 11.1 Å². The summed E-state index contributed by atoms with van der Waals surface area (Å²) < 4.78 is 0. The van der Waals surface area contributed by atoms with Crippen molar-refractivity contribution in [2.45, 2.75) is 16.2 Å². The molecule has 0 aliphatic heterocycles. The first-order chi connectivity index (χ1) is 8.31. The van der Waals surface area contributed by atoms with Crippen LogP contribution < -0.4 is 5.73 Å². The normalized spacial score (nSPS) is 10.5. The quantitative estimate of drug-likeness (QED) is 0.920. The van der Waals surface area contributed by atoms with Crippen molar-refractivity contribution in [3.8, 4) is 0 Å². The van der Waals surface area contributed by atoms with Crippen LogP contribution in [0.15, 0.2) is 52.5 Å². The van der Waals surface area contributed by atoms with Crippen molar-refractivity contribution < 1.29 is 0 Å². The minimum absolute atomic E-state index is 0.629. The van der Waals surface area contributed by atoms with E-state index < -0.39 is 0 Å². The Labute approximate surface area is 110 Å². The van der Waals surface area contributed by atoms with Crippen LogP contribution in [0.5, 0.6) is 0 Å². The number of pyridine rings is 1. The van der Waals surface area contributed by atoms with Crippen LogP contribution in [0.2, 0.25) is 5.02 Å². The molecule has 0 saturated carbocycles. The summed E-state index contributed by atoms with van der Waals surface area (Å²) in [6.07, 6.45) is 4.40. The lowest BCUT2D eigenvalue weighted by molar-refractivity contribution is 0.944. The second-order valence-electron chi connectivity index (χ2n) is 3.55. The van der Waals surface area contributed by atoms with E-state index in [0.29, 0.717) is 6.54 Å². The summed E-state index contributed by atoms with van der Waals surface area (Å²) in [5.41, 5.74) is 6.81. The molecular formula is C13H13ClN2S. The Bertz CT molecular complexity index is 488. The van der Waals surface area contributed by atoms with Crippen molar-refractivity contribution >= 4 is 23.4 Å². The molecule has 2 nitrogen and oxygen atoms in total. The molecular weight excluding hydrogens is 252 g/mol. The van der Waals surface area contributed by atoms with Crippen molar-refractivity contribution in [3.05, 3.63) is 53.3 Å². The maximum Gasteiger partial charge on any atom is 0.0548 e. The van der Waals surface area contributed by atoms with Crippen LogP contribution in [-0.2, 0) is 6.42 Å². The summed E-state index contributed by atoms with van der Waals surface area (Å²) in [5, 5.41) is 0.776. The second kappa shape index (κ2) is 6.05. The van der Waals surface area contributed by atoms with E-state index in [1.165, 1.54) is 5.56 Å². The zero-order valence-corrected chi connectivity index (χ0v) is 10.8. The first kappa shape index (κ1) is 12.4. The number of hydrogen-bond acceptors (Lipinski definition) is 3. The van der Waals surface area contributed by atoms with Crippen molar-refractivity contribution in [1.82, 2.24) is 4.98 Å². The van der Waals surface area contributed by atoms with Gasteiger partial charge in [-0.1, -0.05) is 35.5 Å². The summed E-state index contributed by atoms with van der Waals surface area (Å²) in [6, 6.07) is 9.89. The topological polar surface area (TPSA) is 38.9 Å². The Balaban J connectivity index is 2.31. The minimum Gasteiger partial charge on any atom is -0.330 e. The lowest BCUT2D eigenvalue weighted by atomic mass is 10.1. The lowest BCUT2D eigenvalue weighted by Gasteiger charge is -2.10. The molecule has 0 aliphatic rings. The molecule has 1 aromatic carbocycles. The molecule has 2 aromatic rings. The third-order valence-corrected chi connectivity index (χ3v) is 3.95. The van der Waals surface area contributed by atoms with E-state index in [9.17, 15) is 0 Å². The van der Waals surface area contributed by atoms with Gasteiger partial charge in [-0.25, -0.2) is 0 Å². The van der Waals surface area contributed by atoms with E-state index in [0.717, 1.165) is 21.2 Å². The van der Waals surface area contributed by atoms with E-state index in [1.54, 1.807) is 24.2 Å². The Morgan fingerprint density at radius 1 is 1.18 bits per heavy atom. The highest BCUT2D eigenvalue weighted by Crippen LogP contribution is 2.35. The van der Waals surface area contributed by atoms with Crippen LogP contribution in [-0.4, -0.2) is 11.5 Å². The molecule has 0 atom stereocenters. The van der Waals surface area contributed by atoms with Crippen LogP contribution >= 0.6 is 23.4 Å². The van der Waals surface area contributed by atoms with Gasteiger partial charge in [0.2, 0.25) is 0 Å². The second-order valence-corrected chi connectivity index (χ2v) is 5.04. The summed E-state index contributed by atoms with van der Waals surface area (Å²) in [7, 11) is 0. The molecule has 2 rings (SSSR count). The molecule has 0 amide bonds. The van der Waals surface area contributed by atoms with Gasteiger partial charge in [-0.05, 0) is 36.7 Å². The predicted octanol–water partition coefficient (Wildman–Crippen LogP) is 3.39. The first-order valence-electron chi connectivity index (χ1n) is 5.36. The highest BCUT2D eigenvalue weighted by atomic mass is 35.5. The van der Waals surface area contributed by atoms with Crippen LogP contribution in [0.1, 0.15) is 5.56 Å². The number of hydrogen-bond donors (Lipinski definition) is 1. The van der Waals surface area contributed by atoms with Gasteiger partial charge in [-0.2, -0.15) is 0 Å².